The number of hydrogen-bond acceptors (Lipinski definition) is 2. The molecule has 1 saturated carbocycles. The number of carbonyl (C=O) groups is 1. The Morgan fingerprint density at radius 2 is 1.84 bits per heavy atom. The summed E-state index contributed by atoms with van der Waals surface area (Å²) in [5, 5.41) is 4.88. The zero-order chi connectivity index (χ0) is 17.6. The molecule has 2 aromatic rings. The second-order valence-corrected chi connectivity index (χ2v) is 8.53. The van der Waals surface area contributed by atoms with Gasteiger partial charge in [-0.15, -0.1) is 0 Å². The summed E-state index contributed by atoms with van der Waals surface area (Å²) >= 11 is 0. The Kier molecular flexibility index (Phi) is 3.97. The number of rotatable bonds is 3. The predicted molar refractivity (Wildman–Crippen MR) is 97.4 cm³/mol. The van der Waals surface area contributed by atoms with Gasteiger partial charge in [-0.1, -0.05) is 12.8 Å². The Morgan fingerprint density at radius 1 is 1.16 bits per heavy atom. The molecule has 5 nitrogen and oxygen atoms in total. The molecule has 0 atom stereocenters. The Labute approximate surface area is 149 Å². The zero-order valence-electron chi connectivity index (χ0n) is 15.5. The van der Waals surface area contributed by atoms with Gasteiger partial charge in [0.15, 0.2) is 0 Å². The number of fused-ring (bicyclic) bond motifs is 1. The average molecular weight is 340 g/mol. The fourth-order valence-electron chi connectivity index (χ4n) is 4.18. The molecule has 0 N–H and O–H groups in total. The topological polar surface area (TPSA) is 43.1 Å². The Balaban J connectivity index is 1.60. The first-order valence-corrected chi connectivity index (χ1v) is 9.46. The third-order valence-corrected chi connectivity index (χ3v) is 5.50. The molecule has 2 aliphatic rings. The molecule has 0 spiro atoms. The van der Waals surface area contributed by atoms with Crippen LogP contribution in [0.1, 0.15) is 64.1 Å². The maximum atomic E-state index is 12.7. The molecule has 134 valence electrons. The molecule has 0 radical (unpaired) electrons. The molecule has 1 aliphatic carbocycles. The number of nitrogens with zero attached hydrogens (tertiary/aromatic N) is 4. The smallest absolute Gasteiger partial charge is 0.223 e. The number of aromatic nitrogens is 3. The lowest BCUT2D eigenvalue weighted by molar-refractivity contribution is -0.132. The lowest BCUT2D eigenvalue weighted by Crippen LogP contribution is -2.30. The van der Waals surface area contributed by atoms with E-state index < -0.39 is 0 Å². The summed E-state index contributed by atoms with van der Waals surface area (Å²) < 4.78 is 4.23. The normalized spacial score (nSPS) is 18.1. The molecular formula is C20H28N4O. The van der Waals surface area contributed by atoms with Gasteiger partial charge in [-0.3, -0.25) is 4.79 Å². The van der Waals surface area contributed by atoms with Crippen molar-refractivity contribution in [3.8, 4) is 5.82 Å². The Hall–Kier alpha value is -2.04. The Bertz CT molecular complexity index is 760. The first-order chi connectivity index (χ1) is 11.9. The van der Waals surface area contributed by atoms with Crippen LogP contribution in [0.25, 0.3) is 5.82 Å². The minimum atomic E-state index is -0.0946. The van der Waals surface area contributed by atoms with E-state index >= 15 is 0 Å². The zero-order valence-corrected chi connectivity index (χ0v) is 15.5. The largest absolute Gasteiger partial charge is 0.332 e. The van der Waals surface area contributed by atoms with Crippen molar-refractivity contribution in [3.05, 3.63) is 35.8 Å². The van der Waals surface area contributed by atoms with E-state index in [2.05, 4.69) is 42.4 Å². The number of hydrogen-bond donors (Lipinski definition) is 0. The van der Waals surface area contributed by atoms with Crippen LogP contribution in [0.5, 0.6) is 0 Å². The summed E-state index contributed by atoms with van der Waals surface area (Å²) in [6.07, 6.45) is 9.83. The van der Waals surface area contributed by atoms with Gasteiger partial charge < -0.3 is 9.47 Å². The molecule has 0 unspecified atom stereocenters. The molecule has 0 bridgehead atoms. The number of amides is 1. The van der Waals surface area contributed by atoms with Gasteiger partial charge in [-0.2, -0.15) is 5.10 Å². The summed E-state index contributed by atoms with van der Waals surface area (Å²) in [7, 11) is 0. The van der Waals surface area contributed by atoms with Crippen LogP contribution in [0.4, 0.5) is 0 Å². The molecule has 1 fully saturated rings. The third-order valence-electron chi connectivity index (χ3n) is 5.50. The fourth-order valence-corrected chi connectivity index (χ4v) is 4.18. The summed E-state index contributed by atoms with van der Waals surface area (Å²) in [6, 6.07) is 4.06. The summed E-state index contributed by atoms with van der Waals surface area (Å²) in [5.41, 5.74) is 2.16. The second-order valence-electron chi connectivity index (χ2n) is 8.53. The lowest BCUT2D eigenvalue weighted by Gasteiger charge is -2.25. The molecule has 5 heteroatoms. The lowest BCUT2D eigenvalue weighted by atomic mass is 10.0. The predicted octanol–water partition coefficient (Wildman–Crippen LogP) is 3.85. The van der Waals surface area contributed by atoms with Crippen LogP contribution in [0.15, 0.2) is 24.5 Å². The SMILES string of the molecule is CC(C)(C)n1nc2c(c1-n1cccc1)CN(C(=O)CC1CCCC1)C2. The molecule has 1 amide bonds. The fraction of sp³-hybridized carbons (Fsp3) is 0.600. The van der Waals surface area contributed by atoms with E-state index in [0.29, 0.717) is 31.3 Å². The molecule has 0 aromatic carbocycles. The molecule has 1 aliphatic heterocycles. The van der Waals surface area contributed by atoms with Crippen molar-refractivity contribution in [1.82, 2.24) is 19.2 Å². The first kappa shape index (κ1) is 16.4. The van der Waals surface area contributed by atoms with E-state index in [1.807, 2.05) is 17.0 Å². The maximum Gasteiger partial charge on any atom is 0.223 e. The van der Waals surface area contributed by atoms with E-state index in [1.54, 1.807) is 0 Å². The minimum Gasteiger partial charge on any atom is -0.332 e. The van der Waals surface area contributed by atoms with E-state index in [1.165, 1.54) is 31.2 Å². The summed E-state index contributed by atoms with van der Waals surface area (Å²) in [4.78, 5) is 14.7. The maximum absolute atomic E-state index is 12.7. The molecule has 0 saturated heterocycles. The van der Waals surface area contributed by atoms with Crippen LogP contribution in [0.3, 0.4) is 0 Å². The first-order valence-electron chi connectivity index (χ1n) is 9.46. The van der Waals surface area contributed by atoms with Crippen LogP contribution in [0, 0.1) is 5.92 Å². The van der Waals surface area contributed by atoms with E-state index in [-0.39, 0.29) is 5.54 Å². The minimum absolute atomic E-state index is 0.0946. The average Bonchev–Trinajstić information content (AvgIpc) is 3.29. The monoisotopic (exact) mass is 340 g/mol. The van der Waals surface area contributed by atoms with Crippen LogP contribution < -0.4 is 0 Å². The van der Waals surface area contributed by atoms with Crippen LogP contribution in [0.2, 0.25) is 0 Å². The Morgan fingerprint density at radius 3 is 2.48 bits per heavy atom. The van der Waals surface area contributed by atoms with Crippen LogP contribution in [-0.2, 0) is 23.4 Å². The van der Waals surface area contributed by atoms with Crippen molar-refractivity contribution < 1.29 is 4.79 Å². The summed E-state index contributed by atoms with van der Waals surface area (Å²) in [5.74, 6) is 1.99. The van der Waals surface area contributed by atoms with Crippen LogP contribution >= 0.6 is 0 Å². The van der Waals surface area contributed by atoms with Gasteiger partial charge in [-0.25, -0.2) is 4.68 Å². The molecule has 25 heavy (non-hydrogen) atoms. The highest BCUT2D eigenvalue weighted by molar-refractivity contribution is 5.77. The van der Waals surface area contributed by atoms with E-state index in [0.717, 1.165) is 11.5 Å². The van der Waals surface area contributed by atoms with Gasteiger partial charge in [0.25, 0.3) is 0 Å². The van der Waals surface area contributed by atoms with E-state index in [9.17, 15) is 4.79 Å². The van der Waals surface area contributed by atoms with Crippen molar-refractivity contribution in [2.75, 3.05) is 0 Å². The third kappa shape index (κ3) is 3.00. The second kappa shape index (κ2) is 6.04. The number of carbonyl (C=O) groups excluding carboxylic acids is 1. The van der Waals surface area contributed by atoms with Crippen molar-refractivity contribution in [1.29, 1.82) is 0 Å². The van der Waals surface area contributed by atoms with Gasteiger partial charge in [-0.05, 0) is 51.7 Å². The highest BCUT2D eigenvalue weighted by Gasteiger charge is 2.34. The van der Waals surface area contributed by atoms with Gasteiger partial charge in [0.05, 0.1) is 24.3 Å². The van der Waals surface area contributed by atoms with Gasteiger partial charge in [0, 0.05) is 24.4 Å². The molecule has 3 heterocycles. The highest BCUT2D eigenvalue weighted by atomic mass is 16.2. The van der Waals surface area contributed by atoms with Gasteiger partial charge >= 0.3 is 0 Å². The van der Waals surface area contributed by atoms with Crippen LogP contribution in [-0.4, -0.2) is 25.2 Å². The standard InChI is InChI=1S/C20H28N4O/c1-20(2,3)24-19(22-10-6-7-11-22)16-13-23(14-17(16)21-24)18(25)12-15-8-4-5-9-15/h6-7,10-11,15H,4-5,8-9,12-14H2,1-3H3. The van der Waals surface area contributed by atoms with E-state index in [4.69, 9.17) is 5.10 Å². The molecule has 4 rings (SSSR count). The van der Waals surface area contributed by atoms with Gasteiger partial charge in [0.1, 0.15) is 5.82 Å². The quantitative estimate of drug-likeness (QED) is 0.852. The highest BCUT2D eigenvalue weighted by Crippen LogP contribution is 2.34. The van der Waals surface area contributed by atoms with Crippen molar-refractivity contribution in [2.45, 2.75) is 71.5 Å². The van der Waals surface area contributed by atoms with Crippen molar-refractivity contribution in [2.24, 2.45) is 5.92 Å². The molecule has 2 aromatic heterocycles. The van der Waals surface area contributed by atoms with Crippen molar-refractivity contribution >= 4 is 5.91 Å². The van der Waals surface area contributed by atoms with Crippen molar-refractivity contribution in [3.63, 3.8) is 0 Å². The molecular weight excluding hydrogens is 312 g/mol. The van der Waals surface area contributed by atoms with Gasteiger partial charge in [0.2, 0.25) is 5.91 Å². The summed E-state index contributed by atoms with van der Waals surface area (Å²) in [6.45, 7) is 7.85.